The molecule has 4 aliphatic rings. The topological polar surface area (TPSA) is 321 Å². The van der Waals surface area contributed by atoms with Crippen molar-refractivity contribution in [1.29, 1.82) is 0 Å². The Bertz CT molecular complexity index is 960. The van der Waals surface area contributed by atoms with E-state index in [9.17, 15) is 66.4 Å². The molecule has 0 radical (unpaired) electrons. The van der Waals surface area contributed by atoms with Crippen molar-refractivity contribution in [2.24, 2.45) is 0 Å². The van der Waals surface area contributed by atoms with E-state index in [1.165, 1.54) is 13.0 Å². The zero-order valence-corrected chi connectivity index (χ0v) is 23.5. The molecule has 0 spiro atoms. The molecule has 3 saturated heterocycles. The van der Waals surface area contributed by atoms with Crippen LogP contribution >= 0.6 is 0 Å². The van der Waals surface area contributed by atoms with Gasteiger partial charge in [-0.2, -0.15) is 0 Å². The minimum atomic E-state index is -1.84. The van der Waals surface area contributed by atoms with Gasteiger partial charge in [0.1, 0.15) is 79.4 Å². The van der Waals surface area contributed by atoms with Gasteiger partial charge in [-0.1, -0.05) is 6.08 Å². The Labute approximate surface area is 250 Å². The van der Waals surface area contributed by atoms with Crippen molar-refractivity contribution in [3.63, 3.8) is 0 Å². The van der Waals surface area contributed by atoms with Gasteiger partial charge in [-0.05, 0) is 12.5 Å². The highest BCUT2D eigenvalue weighted by Crippen LogP contribution is 2.31. The van der Waals surface area contributed by atoms with Gasteiger partial charge in [0.15, 0.2) is 18.9 Å². The number of hydrogen-bond donors (Lipinski definition) is 14. The average Bonchev–Trinajstić information content (AvgIpc) is 3.00. The first-order chi connectivity index (χ1) is 20.7. The molecule has 256 valence electrons. The fourth-order valence-corrected chi connectivity index (χ4v) is 5.71. The summed E-state index contributed by atoms with van der Waals surface area (Å²) >= 11 is 0. The molecule has 0 aromatic rings. The maximum Gasteiger partial charge on any atom is 0.187 e. The Hall–Kier alpha value is -1.02. The largest absolute Gasteiger partial charge is 0.394 e. The normalized spacial score (nSPS) is 52.0. The molecule has 19 heteroatoms. The molecular formula is C25H43NO18. The molecule has 0 aromatic heterocycles. The smallest absolute Gasteiger partial charge is 0.187 e. The number of hydrogen-bond acceptors (Lipinski definition) is 19. The summed E-state index contributed by atoms with van der Waals surface area (Å²) in [4.78, 5) is 0. The Balaban J connectivity index is 1.37. The van der Waals surface area contributed by atoms with Gasteiger partial charge < -0.3 is 95.4 Å². The summed E-state index contributed by atoms with van der Waals surface area (Å²) in [5.41, 5.74) is 0.0273. The Kier molecular flexibility index (Phi) is 12.1. The third-order valence-corrected chi connectivity index (χ3v) is 8.46. The summed E-state index contributed by atoms with van der Waals surface area (Å²) in [6.07, 6.45) is -26.1. The van der Waals surface area contributed by atoms with Crippen molar-refractivity contribution < 1.29 is 90.1 Å². The first kappa shape index (κ1) is 35.8. The van der Waals surface area contributed by atoms with Crippen LogP contribution in [0.2, 0.25) is 0 Å². The SMILES string of the molecule is C[C@H]1O[C@H](O[C@H]2[C@H](O)[C@@H](O)[C@@H](OC[C@H]3O[C@@H](O)[C@H](O)[C@@H](O)[C@@H]3O)O[C@@H]2CO)[C@H](O)[C@@H](O)[C@@H]1N[C@H]1C=C(CO)[C@@H](O)[C@H](O)[C@H]1O. The van der Waals surface area contributed by atoms with Gasteiger partial charge >= 0.3 is 0 Å². The standard InChI is InChI=1S/C25H43NO18/c1-6-11(26-8-2-7(3-27)12(29)16(33)13(8)30)15(32)20(37)25(41-6)44-22-9(4-28)43-24(21(38)18(22)35)40-5-10-14(31)17(34)19(36)23(39)42-10/h2,6,8-39H,3-5H2,1H3/t6-,8+,9-,10-,11-,12-,13+,14-,15+,16+,17+,18-,19-,20-,21-,22-,23-,24+,25-/m1/s1. The molecule has 19 nitrogen and oxygen atoms in total. The Morgan fingerprint density at radius 2 is 1.34 bits per heavy atom. The minimum absolute atomic E-state index is 0.0273. The molecule has 3 fully saturated rings. The molecule has 0 saturated carbocycles. The molecule has 14 N–H and O–H groups in total. The van der Waals surface area contributed by atoms with Crippen LogP contribution in [0.15, 0.2) is 11.6 Å². The fourth-order valence-electron chi connectivity index (χ4n) is 5.71. The molecule has 44 heavy (non-hydrogen) atoms. The first-order valence-electron chi connectivity index (χ1n) is 14.1. The summed E-state index contributed by atoms with van der Waals surface area (Å²) in [5.74, 6) is 0. The highest BCUT2D eigenvalue weighted by Gasteiger charge is 2.52. The summed E-state index contributed by atoms with van der Waals surface area (Å²) in [5, 5.41) is 135. The van der Waals surface area contributed by atoms with E-state index < -0.39 is 136 Å². The predicted molar refractivity (Wildman–Crippen MR) is 138 cm³/mol. The van der Waals surface area contributed by atoms with Crippen LogP contribution in [0, 0.1) is 0 Å². The van der Waals surface area contributed by atoms with E-state index in [1.54, 1.807) is 0 Å². The Morgan fingerprint density at radius 1 is 0.682 bits per heavy atom. The molecule has 4 rings (SSSR count). The van der Waals surface area contributed by atoms with Crippen LogP contribution < -0.4 is 5.32 Å². The van der Waals surface area contributed by atoms with Crippen molar-refractivity contribution in [3.8, 4) is 0 Å². The molecule has 0 aromatic carbocycles. The average molecular weight is 646 g/mol. The lowest BCUT2D eigenvalue weighted by Crippen LogP contribution is -2.68. The number of rotatable bonds is 9. The number of aliphatic hydroxyl groups excluding tert-OH is 13. The minimum Gasteiger partial charge on any atom is -0.394 e. The predicted octanol–water partition coefficient (Wildman–Crippen LogP) is -8.56. The lowest BCUT2D eigenvalue weighted by Gasteiger charge is -2.47. The first-order valence-corrected chi connectivity index (χ1v) is 14.1. The van der Waals surface area contributed by atoms with Gasteiger partial charge in [0, 0.05) is 0 Å². The van der Waals surface area contributed by atoms with Gasteiger partial charge in [-0.25, -0.2) is 0 Å². The number of nitrogens with one attached hydrogen (secondary N) is 1. The van der Waals surface area contributed by atoms with Crippen LogP contribution in [0.5, 0.6) is 0 Å². The van der Waals surface area contributed by atoms with Gasteiger partial charge in [0.25, 0.3) is 0 Å². The van der Waals surface area contributed by atoms with Gasteiger partial charge in [-0.15, -0.1) is 0 Å². The van der Waals surface area contributed by atoms with Crippen molar-refractivity contribution in [2.75, 3.05) is 19.8 Å². The summed E-state index contributed by atoms with van der Waals surface area (Å²) in [6, 6.07) is -2.15. The molecule has 3 heterocycles. The maximum atomic E-state index is 10.9. The molecular weight excluding hydrogens is 602 g/mol. The van der Waals surface area contributed by atoms with Gasteiger partial charge in [0.2, 0.25) is 0 Å². The second-order valence-corrected chi connectivity index (χ2v) is 11.4. The summed E-state index contributed by atoms with van der Waals surface area (Å²) in [7, 11) is 0. The monoisotopic (exact) mass is 645 g/mol. The summed E-state index contributed by atoms with van der Waals surface area (Å²) < 4.78 is 27.2. The van der Waals surface area contributed by atoms with Crippen LogP contribution in [0.1, 0.15) is 6.92 Å². The summed E-state index contributed by atoms with van der Waals surface area (Å²) in [6.45, 7) is -0.518. The second-order valence-electron chi connectivity index (χ2n) is 11.4. The van der Waals surface area contributed by atoms with Crippen LogP contribution in [0.4, 0.5) is 0 Å². The van der Waals surface area contributed by atoms with E-state index in [-0.39, 0.29) is 5.57 Å². The van der Waals surface area contributed by atoms with E-state index in [0.29, 0.717) is 0 Å². The van der Waals surface area contributed by atoms with Gasteiger partial charge in [-0.3, -0.25) is 0 Å². The lowest BCUT2D eigenvalue weighted by molar-refractivity contribution is -0.357. The van der Waals surface area contributed by atoms with Crippen LogP contribution in [-0.4, -0.2) is 203 Å². The Morgan fingerprint density at radius 3 is 1.98 bits per heavy atom. The molecule has 3 aliphatic heterocycles. The maximum absolute atomic E-state index is 10.9. The quantitative estimate of drug-likeness (QED) is 0.103. The molecule has 0 amide bonds. The molecule has 0 bridgehead atoms. The molecule has 0 unspecified atom stereocenters. The number of aliphatic hydroxyl groups is 13. The van der Waals surface area contributed by atoms with Crippen molar-refractivity contribution >= 4 is 0 Å². The fraction of sp³-hybridized carbons (Fsp3) is 0.920. The lowest BCUT2D eigenvalue weighted by atomic mass is 9.86. The van der Waals surface area contributed by atoms with Crippen LogP contribution in [0.3, 0.4) is 0 Å². The highest BCUT2D eigenvalue weighted by molar-refractivity contribution is 5.22. The van der Waals surface area contributed by atoms with Gasteiger partial charge in [0.05, 0.1) is 38.0 Å². The van der Waals surface area contributed by atoms with Crippen LogP contribution in [-0.2, 0) is 23.7 Å². The third kappa shape index (κ3) is 7.11. The molecule has 1 aliphatic carbocycles. The highest BCUT2D eigenvalue weighted by atomic mass is 16.7. The van der Waals surface area contributed by atoms with Crippen molar-refractivity contribution in [2.45, 2.75) is 123 Å². The van der Waals surface area contributed by atoms with E-state index >= 15 is 0 Å². The van der Waals surface area contributed by atoms with E-state index in [1.807, 2.05) is 0 Å². The number of ether oxygens (including phenoxy) is 5. The van der Waals surface area contributed by atoms with E-state index in [0.717, 1.165) is 0 Å². The molecule has 19 atom stereocenters. The van der Waals surface area contributed by atoms with E-state index in [2.05, 4.69) is 5.32 Å². The second kappa shape index (κ2) is 14.8. The third-order valence-electron chi connectivity index (χ3n) is 8.46. The van der Waals surface area contributed by atoms with Crippen molar-refractivity contribution in [1.82, 2.24) is 5.32 Å². The zero-order valence-electron chi connectivity index (χ0n) is 23.5. The zero-order chi connectivity index (χ0) is 32.6. The van der Waals surface area contributed by atoms with E-state index in [4.69, 9.17) is 23.7 Å². The van der Waals surface area contributed by atoms with Crippen LogP contribution in [0.25, 0.3) is 0 Å². The van der Waals surface area contributed by atoms with Crippen molar-refractivity contribution in [3.05, 3.63) is 11.6 Å².